The van der Waals surface area contributed by atoms with Crippen LogP contribution in [0.25, 0.3) is 0 Å². The maximum Gasteiger partial charge on any atom is 0.0519 e. The molecule has 0 radical (unpaired) electrons. The van der Waals surface area contributed by atoms with Crippen molar-refractivity contribution in [3.8, 4) is 0 Å². The maximum atomic E-state index is 2.37. The summed E-state index contributed by atoms with van der Waals surface area (Å²) >= 11 is 0. The Kier molecular flexibility index (Phi) is 4.15. The minimum atomic E-state index is 0.509. The summed E-state index contributed by atoms with van der Waals surface area (Å²) in [5, 5.41) is 4.60. The molecule has 1 rings (SSSR count). The van der Waals surface area contributed by atoms with Crippen molar-refractivity contribution in [2.45, 2.75) is 39.8 Å². The predicted octanol–water partition coefficient (Wildman–Crippen LogP) is 3.16. The first-order valence-electron chi connectivity index (χ1n) is 5.61. The van der Waals surface area contributed by atoms with E-state index in [0.717, 1.165) is 0 Å². The summed E-state index contributed by atoms with van der Waals surface area (Å²) in [5.74, 6) is 0. The zero-order chi connectivity index (χ0) is 11.4. The first-order chi connectivity index (χ1) is 7.04. The van der Waals surface area contributed by atoms with E-state index >= 15 is 0 Å². The highest BCUT2D eigenvalue weighted by Gasteiger charge is 2.18. The Morgan fingerprint density at radius 3 is 1.73 bits per heavy atom. The molecule has 2 nitrogen and oxygen atoms in total. The van der Waals surface area contributed by atoms with Crippen LogP contribution < -0.4 is 5.01 Å². The second-order valence-corrected chi connectivity index (χ2v) is 4.43. The van der Waals surface area contributed by atoms with Gasteiger partial charge in [-0.25, -0.2) is 5.01 Å². The lowest BCUT2D eigenvalue weighted by molar-refractivity contribution is 0.166. The van der Waals surface area contributed by atoms with Gasteiger partial charge in [-0.15, -0.1) is 0 Å². The van der Waals surface area contributed by atoms with Crippen molar-refractivity contribution in [2.75, 3.05) is 12.1 Å². The van der Waals surface area contributed by atoms with Crippen LogP contribution in [0.4, 0.5) is 5.69 Å². The highest BCUT2D eigenvalue weighted by Crippen LogP contribution is 2.17. The molecule has 15 heavy (non-hydrogen) atoms. The van der Waals surface area contributed by atoms with E-state index in [-0.39, 0.29) is 0 Å². The summed E-state index contributed by atoms with van der Waals surface area (Å²) in [5.41, 5.74) is 1.24. The van der Waals surface area contributed by atoms with Crippen LogP contribution in [0.3, 0.4) is 0 Å². The summed E-state index contributed by atoms with van der Waals surface area (Å²) in [6.07, 6.45) is 0. The van der Waals surface area contributed by atoms with Gasteiger partial charge in [-0.3, -0.25) is 0 Å². The molecule has 0 amide bonds. The third kappa shape index (κ3) is 2.96. The number of benzene rings is 1. The highest BCUT2D eigenvalue weighted by molar-refractivity contribution is 5.44. The molecule has 0 unspecified atom stereocenters. The second kappa shape index (κ2) is 5.17. The number of nitrogens with zero attached hydrogens (tertiary/aromatic N) is 2. The third-order valence-electron chi connectivity index (χ3n) is 2.53. The average Bonchev–Trinajstić information content (AvgIpc) is 2.18. The predicted molar refractivity (Wildman–Crippen MR) is 67.0 cm³/mol. The Hall–Kier alpha value is -1.02. The first kappa shape index (κ1) is 12.1. The van der Waals surface area contributed by atoms with Crippen molar-refractivity contribution in [3.05, 3.63) is 30.3 Å². The lowest BCUT2D eigenvalue weighted by atomic mass is 10.2. The number of rotatable bonds is 4. The van der Waals surface area contributed by atoms with Crippen LogP contribution >= 0.6 is 0 Å². The number of hydrogen-bond acceptors (Lipinski definition) is 2. The smallest absolute Gasteiger partial charge is 0.0519 e. The summed E-state index contributed by atoms with van der Waals surface area (Å²) in [7, 11) is 2.12. The molecule has 0 aliphatic carbocycles. The quantitative estimate of drug-likeness (QED) is 0.698. The molecule has 0 bridgehead atoms. The number of hydrazine groups is 1. The molecule has 0 N–H and O–H groups in total. The largest absolute Gasteiger partial charge is 0.308 e. The molecule has 0 spiro atoms. The zero-order valence-electron chi connectivity index (χ0n) is 10.4. The fourth-order valence-electron chi connectivity index (χ4n) is 2.07. The number of anilines is 1. The Labute approximate surface area is 93.5 Å². The SMILES string of the molecule is CC(C)N(C(C)C)N(C)c1ccccc1. The summed E-state index contributed by atoms with van der Waals surface area (Å²) in [6, 6.07) is 11.5. The summed E-state index contributed by atoms with van der Waals surface area (Å²) < 4.78 is 0. The van der Waals surface area contributed by atoms with Crippen molar-refractivity contribution >= 4 is 5.69 Å². The van der Waals surface area contributed by atoms with Crippen molar-refractivity contribution in [1.82, 2.24) is 5.01 Å². The second-order valence-electron chi connectivity index (χ2n) is 4.43. The van der Waals surface area contributed by atoms with Gasteiger partial charge in [-0.05, 0) is 39.8 Å². The number of para-hydroxylation sites is 1. The van der Waals surface area contributed by atoms with Gasteiger partial charge in [0.15, 0.2) is 0 Å². The molecule has 0 heterocycles. The lowest BCUT2D eigenvalue weighted by Gasteiger charge is -2.39. The van der Waals surface area contributed by atoms with Gasteiger partial charge in [0.2, 0.25) is 0 Å². The van der Waals surface area contributed by atoms with Gasteiger partial charge in [0.05, 0.1) is 5.69 Å². The van der Waals surface area contributed by atoms with E-state index in [2.05, 4.69) is 69.0 Å². The van der Waals surface area contributed by atoms with Gasteiger partial charge in [-0.1, -0.05) is 18.2 Å². The molecule has 1 aromatic rings. The van der Waals surface area contributed by atoms with Crippen molar-refractivity contribution in [3.63, 3.8) is 0 Å². The van der Waals surface area contributed by atoms with Crippen LogP contribution in [0.2, 0.25) is 0 Å². The molecule has 0 aromatic heterocycles. The molecule has 1 aromatic carbocycles. The Balaban J connectivity index is 2.86. The number of hydrogen-bond donors (Lipinski definition) is 0. The molecule has 0 fully saturated rings. The molecule has 0 saturated heterocycles. The normalized spacial score (nSPS) is 11.5. The van der Waals surface area contributed by atoms with Crippen LogP contribution in [0.1, 0.15) is 27.7 Å². The van der Waals surface area contributed by atoms with Crippen molar-refractivity contribution < 1.29 is 0 Å². The Morgan fingerprint density at radius 1 is 0.867 bits per heavy atom. The molecule has 0 atom stereocenters. The molecule has 0 aliphatic rings. The van der Waals surface area contributed by atoms with Crippen LogP contribution in [-0.4, -0.2) is 24.1 Å². The minimum Gasteiger partial charge on any atom is -0.308 e. The molecule has 0 saturated carbocycles. The molecular weight excluding hydrogens is 184 g/mol. The third-order valence-corrected chi connectivity index (χ3v) is 2.53. The Morgan fingerprint density at radius 2 is 1.33 bits per heavy atom. The maximum absolute atomic E-state index is 2.37. The van der Waals surface area contributed by atoms with E-state index in [1.807, 2.05) is 6.07 Å². The van der Waals surface area contributed by atoms with Crippen LogP contribution in [-0.2, 0) is 0 Å². The standard InChI is InChI=1S/C13H22N2/c1-11(2)15(12(3)4)14(5)13-9-7-6-8-10-13/h6-12H,1-5H3. The summed E-state index contributed by atoms with van der Waals surface area (Å²) in [6.45, 7) is 8.89. The highest BCUT2D eigenvalue weighted by atomic mass is 15.6. The van der Waals surface area contributed by atoms with Gasteiger partial charge < -0.3 is 5.01 Å². The van der Waals surface area contributed by atoms with Gasteiger partial charge in [0, 0.05) is 19.1 Å². The van der Waals surface area contributed by atoms with E-state index in [9.17, 15) is 0 Å². The zero-order valence-corrected chi connectivity index (χ0v) is 10.4. The van der Waals surface area contributed by atoms with Gasteiger partial charge in [0.25, 0.3) is 0 Å². The minimum absolute atomic E-state index is 0.509. The summed E-state index contributed by atoms with van der Waals surface area (Å²) in [4.78, 5) is 0. The average molecular weight is 206 g/mol. The Bertz CT molecular complexity index is 272. The molecule has 2 heteroatoms. The van der Waals surface area contributed by atoms with E-state index in [4.69, 9.17) is 0 Å². The molecule has 0 aliphatic heterocycles. The molecular formula is C13H22N2. The molecule has 84 valence electrons. The fraction of sp³-hybridized carbons (Fsp3) is 0.538. The van der Waals surface area contributed by atoms with Crippen LogP contribution in [0.5, 0.6) is 0 Å². The van der Waals surface area contributed by atoms with E-state index in [0.29, 0.717) is 12.1 Å². The van der Waals surface area contributed by atoms with E-state index < -0.39 is 0 Å². The van der Waals surface area contributed by atoms with Gasteiger partial charge >= 0.3 is 0 Å². The monoisotopic (exact) mass is 206 g/mol. The van der Waals surface area contributed by atoms with E-state index in [1.54, 1.807) is 0 Å². The fourth-order valence-corrected chi connectivity index (χ4v) is 2.07. The topological polar surface area (TPSA) is 6.48 Å². The lowest BCUT2D eigenvalue weighted by Crippen LogP contribution is -2.48. The first-order valence-corrected chi connectivity index (χ1v) is 5.61. The van der Waals surface area contributed by atoms with Gasteiger partial charge in [-0.2, -0.15) is 0 Å². The van der Waals surface area contributed by atoms with E-state index in [1.165, 1.54) is 5.69 Å². The van der Waals surface area contributed by atoms with Crippen LogP contribution in [0, 0.1) is 0 Å². The van der Waals surface area contributed by atoms with Crippen molar-refractivity contribution in [2.24, 2.45) is 0 Å². The van der Waals surface area contributed by atoms with Crippen molar-refractivity contribution in [1.29, 1.82) is 0 Å². The van der Waals surface area contributed by atoms with Crippen LogP contribution in [0.15, 0.2) is 30.3 Å². The van der Waals surface area contributed by atoms with Gasteiger partial charge in [0.1, 0.15) is 0 Å².